The molecule has 0 radical (unpaired) electrons. The molecule has 0 atom stereocenters. The van der Waals surface area contributed by atoms with Crippen molar-refractivity contribution in [1.82, 2.24) is 4.57 Å². The number of nitrogens with zero attached hydrogens (tertiary/aromatic N) is 1. The molecule has 2 heteroatoms. The van der Waals surface area contributed by atoms with Crippen LogP contribution in [0.4, 0.5) is 0 Å². The molecule has 9 aromatic carbocycles. The van der Waals surface area contributed by atoms with E-state index in [9.17, 15) is 0 Å². The van der Waals surface area contributed by atoms with Crippen molar-refractivity contribution in [2.75, 3.05) is 0 Å². The Kier molecular flexibility index (Phi) is 7.91. The Morgan fingerprint density at radius 3 is 1.41 bits per heavy atom. The first-order chi connectivity index (χ1) is 27.7. The van der Waals surface area contributed by atoms with Gasteiger partial charge in [-0.05, 0) is 0 Å². The molecule has 0 aliphatic heterocycles. The number of benzene rings is 9. The number of fused-ring (bicyclic) bond motifs is 6. The van der Waals surface area contributed by atoms with Crippen LogP contribution in [0, 0.1) is 0 Å². The van der Waals surface area contributed by atoms with E-state index in [1.807, 2.05) is 0 Å². The summed E-state index contributed by atoms with van der Waals surface area (Å²) in [6, 6.07) is 78.2. The van der Waals surface area contributed by atoms with Crippen LogP contribution >= 0.6 is 0 Å². The second kappa shape index (κ2) is 13.6. The number of aromatic nitrogens is 1. The summed E-state index contributed by atoms with van der Waals surface area (Å²) in [4.78, 5) is 0. The molecule has 56 heavy (non-hydrogen) atoms. The van der Waals surface area contributed by atoms with Gasteiger partial charge >= 0.3 is 279 Å². The normalized spacial score (nSPS) is 11.6. The van der Waals surface area contributed by atoms with E-state index in [0.717, 1.165) is 5.69 Å². The van der Waals surface area contributed by atoms with E-state index in [1.165, 1.54) is 96.7 Å². The summed E-state index contributed by atoms with van der Waals surface area (Å²) in [6.07, 6.45) is 0. The van der Waals surface area contributed by atoms with E-state index in [4.69, 9.17) is 0 Å². The second-order valence-corrected chi connectivity index (χ2v) is 16.7. The Bertz CT molecular complexity index is 3210. The van der Waals surface area contributed by atoms with Crippen molar-refractivity contribution in [1.29, 1.82) is 0 Å². The zero-order valence-electron chi connectivity index (χ0n) is 30.6. The van der Waals surface area contributed by atoms with Gasteiger partial charge in [-0.15, -0.1) is 0 Å². The molecule has 0 aliphatic carbocycles. The summed E-state index contributed by atoms with van der Waals surface area (Å²) in [5.41, 5.74) is 15.9. The van der Waals surface area contributed by atoms with Gasteiger partial charge in [0.2, 0.25) is 0 Å². The summed E-state index contributed by atoms with van der Waals surface area (Å²) in [6.45, 7) is 0. The van der Waals surface area contributed by atoms with Crippen LogP contribution in [-0.4, -0.2) is 19.1 Å². The molecule has 11 rings (SSSR count). The molecule has 0 aliphatic rings. The fourth-order valence-corrected chi connectivity index (χ4v) is 11.0. The quantitative estimate of drug-likeness (QED) is 0.148. The van der Waals surface area contributed by atoms with Crippen LogP contribution in [0.25, 0.3) is 102 Å². The number of hydrogen-bond donors (Lipinski definition) is 0. The topological polar surface area (TPSA) is 4.93 Å². The van der Waals surface area contributed by atoms with Crippen molar-refractivity contribution in [3.63, 3.8) is 0 Å². The summed E-state index contributed by atoms with van der Waals surface area (Å²) in [7, 11) is 0. The van der Waals surface area contributed by atoms with Crippen molar-refractivity contribution >= 4 is 55.6 Å². The maximum atomic E-state index is 2.42. The second-order valence-electron chi connectivity index (χ2n) is 14.5. The molecule has 1 nitrogen and oxygen atoms in total. The predicted molar refractivity (Wildman–Crippen MR) is 240 cm³/mol. The number of rotatable bonds is 6. The van der Waals surface area contributed by atoms with Crippen molar-refractivity contribution < 1.29 is 0 Å². The Hall–Kier alpha value is -6.70. The molecular weight excluding hydrogens is 742 g/mol. The first-order valence-electron chi connectivity index (χ1n) is 19.2. The van der Waals surface area contributed by atoms with Crippen molar-refractivity contribution in [3.8, 4) is 61.3 Å². The Morgan fingerprint density at radius 2 is 0.750 bits per heavy atom. The van der Waals surface area contributed by atoms with Crippen molar-refractivity contribution in [2.24, 2.45) is 0 Å². The molecule has 0 saturated carbocycles. The summed E-state index contributed by atoms with van der Waals surface area (Å²) >= 11 is 0.241. The van der Waals surface area contributed by atoms with E-state index in [0.29, 0.717) is 0 Å². The van der Waals surface area contributed by atoms with E-state index >= 15 is 0 Å². The Labute approximate surface area is 332 Å². The molecule has 0 bridgehead atoms. The van der Waals surface area contributed by atoms with Crippen LogP contribution in [-0.2, 0) is 0 Å². The third kappa shape index (κ3) is 5.62. The number of para-hydroxylation sites is 1. The minimum atomic E-state index is 0.241. The van der Waals surface area contributed by atoms with Gasteiger partial charge in [0.1, 0.15) is 0 Å². The fraction of sp³-hybridized carbons (Fsp3) is 0. The molecule has 262 valence electrons. The first-order valence-corrected chi connectivity index (χ1v) is 20.9. The van der Waals surface area contributed by atoms with Crippen molar-refractivity contribution in [2.45, 2.75) is 0 Å². The number of hydrogen-bond acceptors (Lipinski definition) is 0. The van der Waals surface area contributed by atoms with Gasteiger partial charge in [0.05, 0.1) is 0 Å². The average molecular weight is 777 g/mol. The van der Waals surface area contributed by atoms with Gasteiger partial charge < -0.3 is 0 Å². The molecule has 0 saturated heterocycles. The van der Waals surface area contributed by atoms with Gasteiger partial charge in [-0.1, -0.05) is 54.6 Å². The zero-order valence-corrected chi connectivity index (χ0v) is 32.3. The van der Waals surface area contributed by atoms with Crippen LogP contribution in [0.5, 0.6) is 0 Å². The SMILES string of the molecule is c1ccc(-c2ccc(-c3cc(-c4ccc5c(c4)c4cc(-c6ccccc6)ccc4n5-c4ccccc4)cc(-c4cccc5c4[se]c4ccccc45)c3)cc2)cc1. The maximum absolute atomic E-state index is 2.42. The molecule has 0 amide bonds. The predicted octanol–water partition coefficient (Wildman–Crippen LogP) is 14.5. The van der Waals surface area contributed by atoms with E-state index < -0.39 is 0 Å². The van der Waals surface area contributed by atoms with Crippen LogP contribution < -0.4 is 0 Å². The molecule has 0 N–H and O–H groups in total. The molecule has 2 aromatic heterocycles. The third-order valence-electron chi connectivity index (χ3n) is 11.2. The first kappa shape index (κ1) is 32.7. The third-order valence-corrected chi connectivity index (χ3v) is 13.8. The molecule has 11 aromatic rings. The van der Waals surface area contributed by atoms with Gasteiger partial charge in [0.25, 0.3) is 0 Å². The molecule has 2 heterocycles. The van der Waals surface area contributed by atoms with Gasteiger partial charge in [0, 0.05) is 0 Å². The van der Waals surface area contributed by atoms with Gasteiger partial charge in [-0.25, -0.2) is 0 Å². The molecular formula is C54H35NSe. The fourth-order valence-electron chi connectivity index (χ4n) is 8.44. The summed E-state index contributed by atoms with van der Waals surface area (Å²) < 4.78 is 5.34. The van der Waals surface area contributed by atoms with E-state index in [2.05, 4.69) is 217 Å². The van der Waals surface area contributed by atoms with E-state index in [-0.39, 0.29) is 14.5 Å². The van der Waals surface area contributed by atoms with Crippen LogP contribution in [0.15, 0.2) is 212 Å². The minimum absolute atomic E-state index is 0.241. The molecule has 0 fully saturated rings. The van der Waals surface area contributed by atoms with Gasteiger partial charge in [-0.2, -0.15) is 0 Å². The monoisotopic (exact) mass is 777 g/mol. The van der Waals surface area contributed by atoms with Crippen LogP contribution in [0.3, 0.4) is 0 Å². The van der Waals surface area contributed by atoms with Crippen molar-refractivity contribution in [3.05, 3.63) is 212 Å². The Balaban J connectivity index is 1.13. The van der Waals surface area contributed by atoms with Gasteiger partial charge in [0.15, 0.2) is 0 Å². The van der Waals surface area contributed by atoms with Gasteiger partial charge in [-0.3, -0.25) is 0 Å². The Morgan fingerprint density at radius 1 is 0.286 bits per heavy atom. The summed E-state index contributed by atoms with van der Waals surface area (Å²) in [5, 5.41) is 5.26. The molecule has 0 unspecified atom stereocenters. The summed E-state index contributed by atoms with van der Waals surface area (Å²) in [5.74, 6) is 0. The molecule has 0 spiro atoms. The average Bonchev–Trinajstić information content (AvgIpc) is 3.82. The van der Waals surface area contributed by atoms with Crippen LogP contribution in [0.2, 0.25) is 0 Å². The van der Waals surface area contributed by atoms with Crippen LogP contribution in [0.1, 0.15) is 0 Å². The standard InChI is InChI=1S/C54H35NSe/c1-4-13-36(14-5-1)38-23-25-39(26-24-38)42-31-43(33-44(32-42)46-20-12-21-48-47-19-10-11-22-53(47)56-54(46)48)41-28-30-52-50(35-41)49-34-40(37-15-6-2-7-16-37)27-29-51(49)55(52)45-17-8-3-9-18-45/h1-35H. The zero-order chi connectivity index (χ0) is 37.0. The van der Waals surface area contributed by atoms with E-state index in [1.54, 1.807) is 0 Å².